The maximum absolute atomic E-state index is 9.09. The van der Waals surface area contributed by atoms with Gasteiger partial charge in [-0.05, 0) is 18.4 Å². The van der Waals surface area contributed by atoms with Gasteiger partial charge in [0.1, 0.15) is 0 Å². The van der Waals surface area contributed by atoms with Crippen LogP contribution in [0.25, 0.3) is 0 Å². The highest BCUT2D eigenvalue weighted by Gasteiger charge is 2.29. The molecule has 1 N–H and O–H groups in total. The minimum Gasteiger partial charge on any atom is -0.312 e. The monoisotopic (exact) mass is 242 g/mol. The zero-order chi connectivity index (χ0) is 13.0. The van der Waals surface area contributed by atoms with E-state index in [4.69, 9.17) is 5.26 Å². The fourth-order valence-corrected chi connectivity index (χ4v) is 2.74. The predicted molar refractivity (Wildman–Crippen MR) is 74.2 cm³/mol. The van der Waals surface area contributed by atoms with Crippen molar-refractivity contribution < 1.29 is 0 Å². The van der Waals surface area contributed by atoms with E-state index in [1.54, 1.807) is 0 Å². The van der Waals surface area contributed by atoms with Crippen LogP contribution in [-0.4, -0.2) is 12.6 Å². The van der Waals surface area contributed by atoms with E-state index in [1.807, 2.05) is 0 Å². The van der Waals surface area contributed by atoms with Crippen LogP contribution in [0, 0.1) is 17.2 Å². The Kier molecular flexibility index (Phi) is 4.04. The van der Waals surface area contributed by atoms with Gasteiger partial charge < -0.3 is 5.32 Å². The second-order valence-electron chi connectivity index (χ2n) is 5.90. The van der Waals surface area contributed by atoms with Crippen molar-refractivity contribution in [3.63, 3.8) is 0 Å². The number of hydrogen-bond acceptors (Lipinski definition) is 2. The summed E-state index contributed by atoms with van der Waals surface area (Å²) in [6.07, 6.45) is 3.38. The van der Waals surface area contributed by atoms with Crippen molar-refractivity contribution in [3.05, 3.63) is 35.9 Å². The second-order valence-corrected chi connectivity index (χ2v) is 5.90. The molecule has 0 radical (unpaired) electrons. The Bertz CT molecular complexity index is 416. The van der Waals surface area contributed by atoms with E-state index in [0.717, 1.165) is 19.4 Å². The van der Waals surface area contributed by atoms with Crippen LogP contribution in [0.15, 0.2) is 30.3 Å². The van der Waals surface area contributed by atoms with Gasteiger partial charge in [-0.1, -0.05) is 50.6 Å². The molecule has 1 saturated carbocycles. The molecule has 1 aliphatic rings. The summed E-state index contributed by atoms with van der Waals surface area (Å²) in [4.78, 5) is 0. The Hall–Kier alpha value is -1.33. The van der Waals surface area contributed by atoms with Crippen molar-refractivity contribution in [3.8, 4) is 6.07 Å². The summed E-state index contributed by atoms with van der Waals surface area (Å²) in [5.74, 6) is 0.205. The van der Waals surface area contributed by atoms with E-state index >= 15 is 0 Å². The molecule has 96 valence electrons. The van der Waals surface area contributed by atoms with Crippen LogP contribution in [0.5, 0.6) is 0 Å². The standard InChI is InChI=1S/C16H22N2/c1-16(2,14-8-4-3-5-9-14)12-18-15-10-6-7-13(15)11-17/h3-5,8-9,13,15,18H,6-7,10,12H2,1-2H3. The zero-order valence-electron chi connectivity index (χ0n) is 11.3. The lowest BCUT2D eigenvalue weighted by Crippen LogP contribution is -2.40. The van der Waals surface area contributed by atoms with Crippen molar-refractivity contribution in [2.24, 2.45) is 5.92 Å². The van der Waals surface area contributed by atoms with Crippen molar-refractivity contribution >= 4 is 0 Å². The lowest BCUT2D eigenvalue weighted by molar-refractivity contribution is 0.393. The first-order chi connectivity index (χ1) is 8.63. The van der Waals surface area contributed by atoms with Gasteiger partial charge in [0.05, 0.1) is 12.0 Å². The van der Waals surface area contributed by atoms with Crippen molar-refractivity contribution in [2.45, 2.75) is 44.6 Å². The van der Waals surface area contributed by atoms with Gasteiger partial charge in [-0.3, -0.25) is 0 Å². The highest BCUT2D eigenvalue weighted by Crippen LogP contribution is 2.27. The fourth-order valence-electron chi connectivity index (χ4n) is 2.74. The Morgan fingerprint density at radius 2 is 2.00 bits per heavy atom. The minimum atomic E-state index is 0.115. The number of benzene rings is 1. The molecule has 0 bridgehead atoms. The molecule has 2 unspecified atom stereocenters. The highest BCUT2D eigenvalue weighted by atomic mass is 14.9. The smallest absolute Gasteiger partial charge is 0.0672 e. The molecular weight excluding hydrogens is 220 g/mol. The first kappa shape index (κ1) is 13.1. The third-order valence-corrected chi connectivity index (χ3v) is 4.04. The summed E-state index contributed by atoms with van der Waals surface area (Å²) in [6, 6.07) is 13.4. The zero-order valence-corrected chi connectivity index (χ0v) is 11.3. The molecule has 2 atom stereocenters. The van der Waals surface area contributed by atoms with E-state index in [9.17, 15) is 0 Å². The normalized spacial score (nSPS) is 23.8. The largest absolute Gasteiger partial charge is 0.312 e. The molecule has 1 aliphatic carbocycles. The Labute approximate surface area is 110 Å². The average Bonchev–Trinajstić information content (AvgIpc) is 2.85. The second kappa shape index (κ2) is 5.54. The molecule has 0 aliphatic heterocycles. The van der Waals surface area contributed by atoms with E-state index < -0.39 is 0 Å². The van der Waals surface area contributed by atoms with E-state index in [0.29, 0.717) is 6.04 Å². The van der Waals surface area contributed by atoms with Crippen LogP contribution < -0.4 is 5.32 Å². The maximum Gasteiger partial charge on any atom is 0.0672 e. The molecule has 0 heterocycles. The van der Waals surface area contributed by atoms with Gasteiger partial charge in [0.25, 0.3) is 0 Å². The lowest BCUT2D eigenvalue weighted by atomic mass is 9.84. The molecular formula is C16H22N2. The minimum absolute atomic E-state index is 0.115. The molecule has 18 heavy (non-hydrogen) atoms. The van der Waals surface area contributed by atoms with Crippen LogP contribution in [0.3, 0.4) is 0 Å². The van der Waals surface area contributed by atoms with Crippen LogP contribution in [0.1, 0.15) is 38.7 Å². The van der Waals surface area contributed by atoms with Gasteiger partial charge in [0.2, 0.25) is 0 Å². The summed E-state index contributed by atoms with van der Waals surface area (Å²) < 4.78 is 0. The van der Waals surface area contributed by atoms with Gasteiger partial charge in [0.15, 0.2) is 0 Å². The predicted octanol–water partition coefficient (Wildman–Crippen LogP) is 3.25. The summed E-state index contributed by atoms with van der Waals surface area (Å²) in [7, 11) is 0. The Morgan fingerprint density at radius 1 is 1.28 bits per heavy atom. The molecule has 0 spiro atoms. The maximum atomic E-state index is 9.09. The van der Waals surface area contributed by atoms with E-state index in [1.165, 1.54) is 12.0 Å². The molecule has 2 rings (SSSR count). The summed E-state index contributed by atoms with van der Waals surface area (Å²) in [5.41, 5.74) is 1.47. The van der Waals surface area contributed by atoms with E-state index in [2.05, 4.69) is 55.6 Å². The van der Waals surface area contributed by atoms with E-state index in [-0.39, 0.29) is 11.3 Å². The summed E-state index contributed by atoms with van der Waals surface area (Å²) in [5, 5.41) is 12.7. The Balaban J connectivity index is 1.95. The van der Waals surface area contributed by atoms with Gasteiger partial charge >= 0.3 is 0 Å². The Morgan fingerprint density at radius 3 is 2.67 bits per heavy atom. The fraction of sp³-hybridized carbons (Fsp3) is 0.562. The van der Waals surface area contributed by atoms with Gasteiger partial charge in [-0.2, -0.15) is 5.26 Å². The van der Waals surface area contributed by atoms with Crippen molar-refractivity contribution in [2.75, 3.05) is 6.54 Å². The molecule has 0 aromatic heterocycles. The SMILES string of the molecule is CC(C)(CNC1CCCC1C#N)c1ccccc1. The average molecular weight is 242 g/mol. The molecule has 1 aromatic carbocycles. The van der Waals surface area contributed by atoms with Crippen LogP contribution in [0.2, 0.25) is 0 Å². The number of nitrogens with one attached hydrogen (secondary N) is 1. The van der Waals surface area contributed by atoms with Crippen LogP contribution in [-0.2, 0) is 5.41 Å². The van der Waals surface area contributed by atoms with Gasteiger partial charge in [-0.15, -0.1) is 0 Å². The molecule has 0 amide bonds. The van der Waals surface area contributed by atoms with Crippen LogP contribution in [0.4, 0.5) is 0 Å². The molecule has 0 saturated heterocycles. The van der Waals surface area contributed by atoms with Crippen molar-refractivity contribution in [1.29, 1.82) is 5.26 Å². The highest BCUT2D eigenvalue weighted by molar-refractivity contribution is 5.24. The first-order valence-electron chi connectivity index (χ1n) is 6.82. The van der Waals surface area contributed by atoms with Gasteiger partial charge in [0, 0.05) is 18.0 Å². The lowest BCUT2D eigenvalue weighted by Gasteiger charge is -2.28. The first-order valence-corrected chi connectivity index (χ1v) is 6.82. The van der Waals surface area contributed by atoms with Gasteiger partial charge in [-0.25, -0.2) is 0 Å². The quantitative estimate of drug-likeness (QED) is 0.879. The van der Waals surface area contributed by atoms with Crippen LogP contribution >= 0.6 is 0 Å². The topological polar surface area (TPSA) is 35.8 Å². The molecule has 1 aromatic rings. The third-order valence-electron chi connectivity index (χ3n) is 4.04. The summed E-state index contributed by atoms with van der Waals surface area (Å²) in [6.45, 7) is 5.44. The number of hydrogen-bond donors (Lipinski definition) is 1. The number of nitriles is 1. The molecule has 2 nitrogen and oxygen atoms in total. The number of rotatable bonds is 4. The number of nitrogens with zero attached hydrogens (tertiary/aromatic N) is 1. The summed E-state index contributed by atoms with van der Waals surface area (Å²) >= 11 is 0. The van der Waals surface area contributed by atoms with Crippen molar-refractivity contribution in [1.82, 2.24) is 5.32 Å². The molecule has 2 heteroatoms. The molecule has 1 fully saturated rings. The third kappa shape index (κ3) is 2.91.